The van der Waals surface area contributed by atoms with Gasteiger partial charge in [-0.2, -0.15) is 0 Å². The van der Waals surface area contributed by atoms with Crippen LogP contribution in [0.2, 0.25) is 10.0 Å². The van der Waals surface area contributed by atoms with Crippen LogP contribution in [0.15, 0.2) is 30.4 Å². The molecule has 0 radical (unpaired) electrons. The molecule has 4 nitrogen and oxygen atoms in total. The van der Waals surface area contributed by atoms with Gasteiger partial charge in [-0.05, 0) is 38.3 Å². The van der Waals surface area contributed by atoms with Gasteiger partial charge >= 0.3 is 0 Å². The van der Waals surface area contributed by atoms with Crippen molar-refractivity contribution in [2.24, 2.45) is 5.92 Å². The van der Waals surface area contributed by atoms with Crippen LogP contribution >= 0.6 is 23.2 Å². The van der Waals surface area contributed by atoms with E-state index in [1.165, 1.54) is 0 Å². The number of amides is 2. The maximum Gasteiger partial charge on any atom is 0.244 e. The molecule has 0 aromatic heterocycles. The molecule has 1 N–H and O–H groups in total. The summed E-state index contributed by atoms with van der Waals surface area (Å²) in [4.78, 5) is 26.3. The van der Waals surface area contributed by atoms with Gasteiger partial charge < -0.3 is 10.2 Å². The number of carbonyl (C=O) groups excluding carboxylic acids is 2. The Bertz CT molecular complexity index is 596. The summed E-state index contributed by atoms with van der Waals surface area (Å²) in [6, 6.07) is 5.01. The fraction of sp³-hybridized carbons (Fsp3) is 0.412. The van der Waals surface area contributed by atoms with Crippen molar-refractivity contribution >= 4 is 40.7 Å². The van der Waals surface area contributed by atoms with Crippen molar-refractivity contribution in [3.63, 3.8) is 0 Å². The van der Waals surface area contributed by atoms with E-state index < -0.39 is 0 Å². The largest absolute Gasteiger partial charge is 0.333 e. The molecule has 1 aliphatic carbocycles. The lowest BCUT2D eigenvalue weighted by molar-refractivity contribution is -0.138. The Kier molecular flexibility index (Phi) is 6.48. The summed E-state index contributed by atoms with van der Waals surface area (Å²) in [5, 5.41) is 3.44. The standard InChI is InChI=1S/C17H20Cl2N2O2/c1-2-21(17(23)12-7-4-3-5-8-12)11-15(22)20-16-13(18)9-6-10-14(16)19/h3-4,6,9-10,12H,2,5,7-8,11H2,1H3,(H,20,22)/t12-/m0/s1. The Balaban J connectivity index is 1.99. The van der Waals surface area contributed by atoms with Crippen molar-refractivity contribution in [1.82, 2.24) is 4.90 Å². The van der Waals surface area contributed by atoms with Crippen LogP contribution in [0.4, 0.5) is 5.69 Å². The normalized spacial score (nSPS) is 16.9. The number of anilines is 1. The van der Waals surface area contributed by atoms with E-state index in [9.17, 15) is 9.59 Å². The Morgan fingerprint density at radius 3 is 2.52 bits per heavy atom. The van der Waals surface area contributed by atoms with Gasteiger partial charge in [-0.1, -0.05) is 41.4 Å². The van der Waals surface area contributed by atoms with Gasteiger partial charge in [0.25, 0.3) is 0 Å². The third-order valence-electron chi connectivity index (χ3n) is 3.87. The number of rotatable bonds is 5. The highest BCUT2D eigenvalue weighted by molar-refractivity contribution is 6.39. The number of hydrogen-bond acceptors (Lipinski definition) is 2. The Labute approximate surface area is 146 Å². The third-order valence-corrected chi connectivity index (χ3v) is 4.50. The van der Waals surface area contributed by atoms with E-state index in [0.29, 0.717) is 22.3 Å². The highest BCUT2D eigenvalue weighted by Gasteiger charge is 2.25. The molecule has 1 aromatic carbocycles. The summed E-state index contributed by atoms with van der Waals surface area (Å²) >= 11 is 12.1. The van der Waals surface area contributed by atoms with Crippen LogP contribution in [0.5, 0.6) is 0 Å². The first-order chi connectivity index (χ1) is 11.0. The number of likely N-dealkylation sites (N-methyl/N-ethyl adjacent to an activating group) is 1. The summed E-state index contributed by atoms with van der Waals surface area (Å²) in [6.07, 6.45) is 6.61. The van der Waals surface area contributed by atoms with Crippen molar-refractivity contribution in [2.45, 2.75) is 26.2 Å². The highest BCUT2D eigenvalue weighted by Crippen LogP contribution is 2.29. The number of para-hydroxylation sites is 1. The van der Waals surface area contributed by atoms with Crippen molar-refractivity contribution < 1.29 is 9.59 Å². The minimum absolute atomic E-state index is 0.00288. The lowest BCUT2D eigenvalue weighted by Crippen LogP contribution is -2.41. The quantitative estimate of drug-likeness (QED) is 0.807. The molecule has 1 aliphatic rings. The fourth-order valence-corrected chi connectivity index (χ4v) is 3.08. The Hall–Kier alpha value is -1.52. The molecular formula is C17H20Cl2N2O2. The lowest BCUT2D eigenvalue weighted by Gasteiger charge is -2.26. The van der Waals surface area contributed by atoms with Crippen LogP contribution in [0.1, 0.15) is 26.2 Å². The maximum atomic E-state index is 12.5. The topological polar surface area (TPSA) is 49.4 Å². The first kappa shape index (κ1) is 17.8. The number of hydrogen-bond donors (Lipinski definition) is 1. The van der Waals surface area contributed by atoms with Crippen LogP contribution in [0.3, 0.4) is 0 Å². The molecule has 0 bridgehead atoms. The minimum Gasteiger partial charge on any atom is -0.333 e. The van der Waals surface area contributed by atoms with Crippen molar-refractivity contribution in [2.75, 3.05) is 18.4 Å². The summed E-state index contributed by atoms with van der Waals surface area (Å²) in [5.41, 5.74) is 0.380. The molecule has 0 unspecified atom stereocenters. The van der Waals surface area contributed by atoms with Crippen LogP contribution in [-0.4, -0.2) is 29.8 Å². The highest BCUT2D eigenvalue weighted by atomic mass is 35.5. The Morgan fingerprint density at radius 2 is 1.96 bits per heavy atom. The molecule has 2 amide bonds. The second-order valence-electron chi connectivity index (χ2n) is 5.48. The van der Waals surface area contributed by atoms with E-state index in [1.807, 2.05) is 13.0 Å². The van der Waals surface area contributed by atoms with Crippen LogP contribution in [-0.2, 0) is 9.59 Å². The molecule has 0 saturated carbocycles. The number of carbonyl (C=O) groups is 2. The number of nitrogens with zero attached hydrogens (tertiary/aromatic N) is 1. The molecule has 23 heavy (non-hydrogen) atoms. The van der Waals surface area contributed by atoms with Crippen molar-refractivity contribution in [1.29, 1.82) is 0 Å². The maximum absolute atomic E-state index is 12.5. The molecule has 2 rings (SSSR count). The van der Waals surface area contributed by atoms with Gasteiger partial charge in [0.1, 0.15) is 0 Å². The van der Waals surface area contributed by atoms with Gasteiger partial charge in [-0.3, -0.25) is 9.59 Å². The number of benzene rings is 1. The van der Waals surface area contributed by atoms with E-state index in [-0.39, 0.29) is 24.3 Å². The van der Waals surface area contributed by atoms with Crippen molar-refractivity contribution in [3.8, 4) is 0 Å². The molecule has 0 saturated heterocycles. The van der Waals surface area contributed by atoms with Gasteiger partial charge in [0.05, 0.1) is 22.3 Å². The second-order valence-corrected chi connectivity index (χ2v) is 6.29. The third kappa shape index (κ3) is 4.72. The zero-order valence-electron chi connectivity index (χ0n) is 13.0. The predicted octanol–water partition coefficient (Wildman–Crippen LogP) is 4.14. The van der Waals surface area contributed by atoms with Gasteiger partial charge in [0.2, 0.25) is 11.8 Å². The molecular weight excluding hydrogens is 335 g/mol. The molecule has 1 atom stereocenters. The zero-order chi connectivity index (χ0) is 16.8. The fourth-order valence-electron chi connectivity index (χ4n) is 2.59. The van der Waals surface area contributed by atoms with E-state index in [4.69, 9.17) is 23.2 Å². The van der Waals surface area contributed by atoms with Gasteiger partial charge in [-0.25, -0.2) is 0 Å². The second kappa shape index (κ2) is 8.37. The number of allylic oxidation sites excluding steroid dienone is 2. The summed E-state index contributed by atoms with van der Waals surface area (Å²) in [7, 11) is 0. The van der Waals surface area contributed by atoms with E-state index >= 15 is 0 Å². The monoisotopic (exact) mass is 354 g/mol. The number of halogens is 2. The number of nitrogens with one attached hydrogen (secondary N) is 1. The molecule has 124 valence electrons. The van der Waals surface area contributed by atoms with E-state index in [0.717, 1.165) is 19.3 Å². The molecule has 0 heterocycles. The summed E-state index contributed by atoms with van der Waals surface area (Å²) in [6.45, 7) is 2.35. The molecule has 0 fully saturated rings. The van der Waals surface area contributed by atoms with Gasteiger partial charge in [0, 0.05) is 12.5 Å². The lowest BCUT2D eigenvalue weighted by atomic mass is 9.93. The Morgan fingerprint density at radius 1 is 1.26 bits per heavy atom. The summed E-state index contributed by atoms with van der Waals surface area (Å²) in [5.74, 6) is -0.310. The van der Waals surface area contributed by atoms with E-state index in [1.54, 1.807) is 23.1 Å². The molecule has 1 aromatic rings. The van der Waals surface area contributed by atoms with Crippen molar-refractivity contribution in [3.05, 3.63) is 40.4 Å². The van der Waals surface area contributed by atoms with Gasteiger partial charge in [-0.15, -0.1) is 0 Å². The molecule has 0 aliphatic heterocycles. The molecule has 0 spiro atoms. The minimum atomic E-state index is -0.304. The first-order valence-corrected chi connectivity index (χ1v) is 8.46. The average Bonchev–Trinajstić information content (AvgIpc) is 2.56. The van der Waals surface area contributed by atoms with E-state index in [2.05, 4.69) is 11.4 Å². The van der Waals surface area contributed by atoms with Crippen LogP contribution in [0, 0.1) is 5.92 Å². The molecule has 6 heteroatoms. The van der Waals surface area contributed by atoms with Crippen LogP contribution < -0.4 is 5.32 Å². The predicted molar refractivity (Wildman–Crippen MR) is 93.8 cm³/mol. The first-order valence-electron chi connectivity index (χ1n) is 7.70. The van der Waals surface area contributed by atoms with Crippen LogP contribution in [0.25, 0.3) is 0 Å². The summed E-state index contributed by atoms with van der Waals surface area (Å²) < 4.78 is 0. The van der Waals surface area contributed by atoms with Gasteiger partial charge in [0.15, 0.2) is 0 Å². The smallest absolute Gasteiger partial charge is 0.244 e. The zero-order valence-corrected chi connectivity index (χ0v) is 14.5. The average molecular weight is 355 g/mol. The SMILES string of the molecule is CCN(CC(=O)Nc1c(Cl)cccc1Cl)C(=O)[C@H]1CC=CCC1.